The smallest absolute Gasteiger partial charge is 0.426 e. The third kappa shape index (κ3) is 15.7. The second-order valence-electron chi connectivity index (χ2n) is 16.0. The molecule has 340 valence electrons. The summed E-state index contributed by atoms with van der Waals surface area (Å²) in [4.78, 5) is 52.4. The predicted molar refractivity (Wildman–Crippen MR) is 262 cm³/mol. The Morgan fingerprint density at radius 3 is 1.12 bits per heavy atom. The van der Waals surface area contributed by atoms with Gasteiger partial charge in [0, 0.05) is 34.0 Å². The monoisotopic (exact) mass is 926 g/mol. The van der Waals surface area contributed by atoms with Gasteiger partial charge in [0.25, 0.3) is 0 Å². The Morgan fingerprint density at radius 2 is 0.803 bits per heavy atom. The third-order valence-corrected chi connectivity index (χ3v) is 11.7. The van der Waals surface area contributed by atoms with E-state index in [0.717, 1.165) is 35.1 Å². The summed E-state index contributed by atoms with van der Waals surface area (Å²) in [5.74, 6) is -4.73. The number of nitrogens with one attached hydrogen (secondary N) is 2. The van der Waals surface area contributed by atoms with E-state index in [2.05, 4.69) is 10.6 Å². The molecule has 0 fully saturated rings. The second kappa shape index (κ2) is 25.7. The van der Waals surface area contributed by atoms with Gasteiger partial charge in [-0.2, -0.15) is 0 Å². The van der Waals surface area contributed by atoms with Crippen molar-refractivity contribution >= 4 is 60.8 Å². The molecule has 0 aliphatic rings. The van der Waals surface area contributed by atoms with E-state index < -0.39 is 49.8 Å². The minimum atomic E-state index is -1.75. The van der Waals surface area contributed by atoms with Crippen LogP contribution in [-0.2, 0) is 35.3 Å². The first-order valence-corrected chi connectivity index (χ1v) is 22.7. The summed E-state index contributed by atoms with van der Waals surface area (Å²) in [5, 5.41) is 46.4. The minimum absolute atomic E-state index is 0.0585. The number of Topliss-reactive ketones (excluding diaryl/α,β-unsaturated/α-hetero) is 2. The van der Waals surface area contributed by atoms with E-state index in [0.29, 0.717) is 32.3 Å². The van der Waals surface area contributed by atoms with Crippen LogP contribution < -0.4 is 10.6 Å². The van der Waals surface area contributed by atoms with E-state index in [-0.39, 0.29) is 37.2 Å². The molecule has 0 aliphatic carbocycles. The van der Waals surface area contributed by atoms with Gasteiger partial charge in [0.2, 0.25) is 11.8 Å². The Bertz CT molecular complexity index is 2320. The first kappa shape index (κ1) is 51.1. The average Bonchev–Trinajstić information content (AvgIpc) is 3.33. The largest absolute Gasteiger partial charge is 0.475 e. The van der Waals surface area contributed by atoms with Crippen LogP contribution in [0.3, 0.4) is 0 Å². The Hall–Kier alpha value is -5.85. The van der Waals surface area contributed by atoms with Gasteiger partial charge in [-0.15, -0.1) is 0 Å². The van der Waals surface area contributed by atoms with Crippen LogP contribution in [0, 0.1) is 0 Å². The molecule has 0 saturated carbocycles. The Balaban J connectivity index is 0.000000247. The maximum Gasteiger partial charge on any atom is 0.475 e. The lowest BCUT2D eigenvalue weighted by Crippen LogP contribution is -2.49. The number of carbonyl (C=O) groups excluding carboxylic acids is 4. The summed E-state index contributed by atoms with van der Waals surface area (Å²) in [6.07, 6.45) is 2.09. The van der Waals surface area contributed by atoms with Crippen LogP contribution in [0.25, 0.3) is 0 Å². The van der Waals surface area contributed by atoms with E-state index in [4.69, 9.17) is 23.2 Å². The van der Waals surface area contributed by atoms with Gasteiger partial charge in [0.1, 0.15) is 0 Å². The van der Waals surface area contributed by atoms with Gasteiger partial charge in [-0.3, -0.25) is 19.2 Å². The highest BCUT2D eigenvalue weighted by Crippen LogP contribution is 2.27. The number of carbonyl (C=O) groups is 4. The van der Waals surface area contributed by atoms with Gasteiger partial charge in [-0.25, -0.2) is 0 Å². The fourth-order valence-corrected chi connectivity index (χ4v) is 7.71. The molecule has 0 radical (unpaired) electrons. The summed E-state index contributed by atoms with van der Waals surface area (Å²) < 4.78 is 0. The highest BCUT2D eigenvalue weighted by atomic mass is 35.5. The van der Waals surface area contributed by atoms with Gasteiger partial charge < -0.3 is 30.7 Å². The molecular weight excluding hydrogens is 873 g/mol. The summed E-state index contributed by atoms with van der Waals surface area (Å²) in [7, 11) is -3.51. The van der Waals surface area contributed by atoms with Crippen LogP contribution in [-0.4, -0.2) is 69.6 Å². The van der Waals surface area contributed by atoms with Crippen LogP contribution in [0.4, 0.5) is 0 Å². The number of amides is 2. The molecular formula is C52H54B2Cl2N2O8. The normalized spacial score (nSPS) is 12.6. The van der Waals surface area contributed by atoms with Gasteiger partial charge in [0.15, 0.2) is 11.6 Å². The zero-order valence-electron chi connectivity index (χ0n) is 36.9. The van der Waals surface area contributed by atoms with Gasteiger partial charge in [0.05, 0.1) is 23.7 Å². The lowest BCUT2D eigenvalue weighted by atomic mass is 9.75. The maximum atomic E-state index is 13.3. The average molecular weight is 928 g/mol. The number of rotatable bonds is 20. The molecule has 4 atom stereocenters. The molecule has 2 amide bonds. The number of halogens is 2. The lowest BCUT2D eigenvalue weighted by Gasteiger charge is -2.23. The molecule has 0 unspecified atom stereocenters. The number of aryl methyl sites for hydroxylation is 2. The SMILES string of the molecule is CCc1cccc(C[C@H](NC(=O)[C@@H](CC(=O)c2ccccc2)c2ccc(Cl)cc2)B(O)O)c1.CCc1cccc(C[C@H](NC(=O)[C@H](CC(=O)c2ccccc2)c2ccc(Cl)cc2)B(O)O)c1. The van der Waals surface area contributed by atoms with Crippen molar-refractivity contribution in [2.45, 2.75) is 76.1 Å². The number of hydrogen-bond donors (Lipinski definition) is 6. The fourth-order valence-electron chi connectivity index (χ4n) is 7.46. The molecule has 10 nitrogen and oxygen atoms in total. The molecule has 6 rings (SSSR count). The summed E-state index contributed by atoms with van der Waals surface area (Å²) in [5.41, 5.74) is 6.29. The molecule has 0 heterocycles. The topological polar surface area (TPSA) is 173 Å². The van der Waals surface area contributed by atoms with E-state index in [1.807, 2.05) is 74.5 Å². The van der Waals surface area contributed by atoms with Crippen LogP contribution >= 0.6 is 23.2 Å². The van der Waals surface area contributed by atoms with Crippen molar-refractivity contribution in [3.63, 3.8) is 0 Å². The third-order valence-electron chi connectivity index (χ3n) is 11.2. The molecule has 14 heteroatoms. The summed E-state index contributed by atoms with van der Waals surface area (Å²) >= 11 is 12.0. The van der Waals surface area contributed by atoms with Crippen molar-refractivity contribution in [3.8, 4) is 0 Å². The molecule has 0 spiro atoms. The molecule has 66 heavy (non-hydrogen) atoms. The van der Waals surface area contributed by atoms with Crippen molar-refractivity contribution in [2.24, 2.45) is 0 Å². The van der Waals surface area contributed by atoms with Gasteiger partial charge in [-0.05, 0) is 83.3 Å². The van der Waals surface area contributed by atoms with Crippen LogP contribution in [0.5, 0.6) is 0 Å². The Morgan fingerprint density at radius 1 is 0.470 bits per heavy atom. The van der Waals surface area contributed by atoms with E-state index >= 15 is 0 Å². The van der Waals surface area contributed by atoms with Crippen LogP contribution in [0.15, 0.2) is 158 Å². The Labute approximate surface area is 397 Å². The van der Waals surface area contributed by atoms with E-state index in [9.17, 15) is 39.3 Å². The van der Waals surface area contributed by atoms with Gasteiger partial charge >= 0.3 is 14.2 Å². The molecule has 6 N–H and O–H groups in total. The minimum Gasteiger partial charge on any atom is -0.426 e. The van der Waals surface area contributed by atoms with Gasteiger partial charge in [-0.1, -0.05) is 171 Å². The van der Waals surface area contributed by atoms with E-state index in [1.54, 1.807) is 97.1 Å². The molecule has 6 aromatic rings. The lowest BCUT2D eigenvalue weighted by molar-refractivity contribution is -0.123. The first-order valence-electron chi connectivity index (χ1n) is 21.9. The highest BCUT2D eigenvalue weighted by Gasteiger charge is 2.33. The molecule has 0 aliphatic heterocycles. The van der Waals surface area contributed by atoms with Crippen molar-refractivity contribution in [3.05, 3.63) is 212 Å². The molecule has 0 aromatic heterocycles. The van der Waals surface area contributed by atoms with Crippen molar-refractivity contribution < 1.29 is 39.3 Å². The van der Waals surface area contributed by atoms with Crippen LogP contribution in [0.2, 0.25) is 10.0 Å². The molecule has 0 saturated heterocycles. The summed E-state index contributed by atoms with van der Waals surface area (Å²) in [6.45, 7) is 4.08. The molecule has 0 bridgehead atoms. The first-order chi connectivity index (χ1) is 31.7. The second-order valence-corrected chi connectivity index (χ2v) is 16.9. The standard InChI is InChI=1S/2C26H27BClNO4/c2*1-2-18-7-6-8-19(15-18)16-25(27(32)33)29-26(31)23(20-11-13-22(28)14-12-20)17-24(30)21-9-4-3-5-10-21/h2*3-15,23,25,32-33H,2,16-17H2,1H3,(H,29,31)/t23-,25+;23-,25-/m10/s1. The molecule has 6 aromatic carbocycles. The number of hydrogen-bond acceptors (Lipinski definition) is 8. The number of benzene rings is 6. The predicted octanol–water partition coefficient (Wildman–Crippen LogP) is 8.00. The van der Waals surface area contributed by atoms with E-state index in [1.165, 1.54) is 0 Å². The maximum absolute atomic E-state index is 13.3. The fraction of sp³-hybridized carbons (Fsp3) is 0.231. The van der Waals surface area contributed by atoms with Crippen molar-refractivity contribution in [1.82, 2.24) is 10.6 Å². The van der Waals surface area contributed by atoms with Crippen LogP contribution in [0.1, 0.15) is 92.6 Å². The van der Waals surface area contributed by atoms with Crippen molar-refractivity contribution in [1.29, 1.82) is 0 Å². The summed E-state index contributed by atoms with van der Waals surface area (Å²) in [6, 6.07) is 46.6. The zero-order chi connectivity index (χ0) is 47.6. The van der Waals surface area contributed by atoms with Crippen molar-refractivity contribution in [2.75, 3.05) is 0 Å². The quantitative estimate of drug-likeness (QED) is 0.0330. The number of ketones is 2. The zero-order valence-corrected chi connectivity index (χ0v) is 38.4. The highest BCUT2D eigenvalue weighted by molar-refractivity contribution is 6.44. The Kier molecular flexibility index (Phi) is 19.9.